The molecule has 1 saturated heterocycles. The van der Waals surface area contributed by atoms with Crippen LogP contribution in [0.15, 0.2) is 34.9 Å². The van der Waals surface area contributed by atoms with Crippen molar-refractivity contribution in [1.82, 2.24) is 15.2 Å². The fraction of sp³-hybridized carbons (Fsp3) is 0.429. The highest BCUT2D eigenvalue weighted by Crippen LogP contribution is 2.36. The van der Waals surface area contributed by atoms with Gasteiger partial charge in [-0.15, -0.1) is 0 Å². The Balaban J connectivity index is 1.58. The Morgan fingerprint density at radius 3 is 2.57 bits per heavy atom. The molecule has 14 heteroatoms. The second-order valence-electron chi connectivity index (χ2n) is 10.7. The van der Waals surface area contributed by atoms with Crippen molar-refractivity contribution in [3.05, 3.63) is 58.6 Å². The molecule has 1 aliphatic heterocycles. The lowest BCUT2D eigenvalue weighted by molar-refractivity contribution is -0.142. The number of aromatic nitrogens is 1. The van der Waals surface area contributed by atoms with E-state index >= 15 is 8.78 Å². The lowest BCUT2D eigenvalue weighted by Gasteiger charge is -2.38. The molecule has 0 spiro atoms. The maximum atomic E-state index is 15.1. The van der Waals surface area contributed by atoms with Crippen molar-refractivity contribution in [3.63, 3.8) is 0 Å². The number of hydrogen-bond donors (Lipinski definition) is 1. The molecule has 1 aliphatic rings. The number of aryl methyl sites for hydroxylation is 1. The molecule has 224 valence electrons. The van der Waals surface area contributed by atoms with Crippen molar-refractivity contribution in [2.24, 2.45) is 0 Å². The SMILES string of the molecule is Cc1oc2ccc(OCc3cccnc3C(F)(F)F)c(C#N)c2c1C(=O)NC1CCN(C(=O)OC(C)(C)C)CC1(F)F. The van der Waals surface area contributed by atoms with Crippen LogP contribution < -0.4 is 10.1 Å². The Bertz CT molecular complexity index is 1550. The van der Waals surface area contributed by atoms with Crippen molar-refractivity contribution in [3.8, 4) is 11.8 Å². The number of nitrogens with one attached hydrogen (secondary N) is 1. The van der Waals surface area contributed by atoms with Crippen molar-refractivity contribution in [1.29, 1.82) is 5.26 Å². The van der Waals surface area contributed by atoms with E-state index in [1.807, 2.05) is 6.07 Å². The molecule has 42 heavy (non-hydrogen) atoms. The summed E-state index contributed by atoms with van der Waals surface area (Å²) in [5.41, 5.74) is -2.66. The average molecular weight is 595 g/mol. The number of halogens is 5. The molecule has 0 bridgehead atoms. The van der Waals surface area contributed by atoms with Gasteiger partial charge in [0.1, 0.15) is 40.9 Å². The molecule has 1 atom stereocenters. The highest BCUT2D eigenvalue weighted by molar-refractivity contribution is 6.09. The van der Waals surface area contributed by atoms with Gasteiger partial charge >= 0.3 is 12.3 Å². The van der Waals surface area contributed by atoms with Crippen LogP contribution in [0.5, 0.6) is 5.75 Å². The third-order valence-electron chi connectivity index (χ3n) is 6.43. The van der Waals surface area contributed by atoms with Gasteiger partial charge in [0.05, 0.1) is 23.5 Å². The highest BCUT2D eigenvalue weighted by atomic mass is 19.4. The second-order valence-corrected chi connectivity index (χ2v) is 10.7. The van der Waals surface area contributed by atoms with Crippen LogP contribution in [-0.2, 0) is 17.5 Å². The number of benzene rings is 1. The summed E-state index contributed by atoms with van der Waals surface area (Å²) in [6, 6.07) is 5.37. The second kappa shape index (κ2) is 11.1. The quantitative estimate of drug-likeness (QED) is 0.361. The van der Waals surface area contributed by atoms with Crippen LogP contribution in [0.2, 0.25) is 0 Å². The van der Waals surface area contributed by atoms with Gasteiger partial charge in [-0.1, -0.05) is 6.07 Å². The fourth-order valence-electron chi connectivity index (χ4n) is 4.59. The molecular weight excluding hydrogens is 567 g/mol. The van der Waals surface area contributed by atoms with Crippen molar-refractivity contribution in [2.75, 3.05) is 13.1 Å². The van der Waals surface area contributed by atoms with Crippen LogP contribution in [0.1, 0.15) is 60.1 Å². The molecule has 3 heterocycles. The number of nitriles is 1. The number of amides is 2. The molecule has 0 aliphatic carbocycles. The van der Waals surface area contributed by atoms with Gasteiger partial charge in [-0.05, 0) is 52.3 Å². The van der Waals surface area contributed by atoms with Crippen molar-refractivity contribution < 1.29 is 45.4 Å². The number of nitrogens with zero attached hydrogens (tertiary/aromatic N) is 3. The summed E-state index contributed by atoms with van der Waals surface area (Å²) < 4.78 is 86.5. The number of carbonyl (C=O) groups excluding carboxylic acids is 2. The van der Waals surface area contributed by atoms with Crippen molar-refractivity contribution >= 4 is 23.0 Å². The van der Waals surface area contributed by atoms with E-state index in [2.05, 4.69) is 10.3 Å². The largest absolute Gasteiger partial charge is 0.487 e. The first-order valence-corrected chi connectivity index (χ1v) is 12.8. The number of hydrogen-bond acceptors (Lipinski definition) is 7. The summed E-state index contributed by atoms with van der Waals surface area (Å²) in [5.74, 6) is -4.59. The minimum Gasteiger partial charge on any atom is -0.487 e. The van der Waals surface area contributed by atoms with E-state index in [9.17, 15) is 28.0 Å². The van der Waals surface area contributed by atoms with Gasteiger partial charge < -0.3 is 24.1 Å². The van der Waals surface area contributed by atoms with E-state index in [1.54, 1.807) is 20.8 Å². The molecule has 1 unspecified atom stereocenters. The number of likely N-dealkylation sites (tertiary alicyclic amines) is 1. The number of pyridine rings is 1. The zero-order valence-electron chi connectivity index (χ0n) is 23.1. The molecule has 1 aromatic carbocycles. The average Bonchev–Trinajstić information content (AvgIpc) is 3.22. The smallest absolute Gasteiger partial charge is 0.433 e. The summed E-state index contributed by atoms with van der Waals surface area (Å²) in [6.07, 6.45) is -4.93. The number of furan rings is 1. The molecule has 0 saturated carbocycles. The molecular formula is C28H27F5N4O5. The van der Waals surface area contributed by atoms with E-state index in [1.165, 1.54) is 31.2 Å². The van der Waals surface area contributed by atoms with Gasteiger partial charge in [-0.25, -0.2) is 13.6 Å². The Morgan fingerprint density at radius 1 is 1.24 bits per heavy atom. The van der Waals surface area contributed by atoms with Crippen LogP contribution in [0, 0.1) is 18.3 Å². The molecule has 1 N–H and O–H groups in total. The Morgan fingerprint density at radius 2 is 1.95 bits per heavy atom. The maximum Gasteiger partial charge on any atom is 0.433 e. The summed E-state index contributed by atoms with van der Waals surface area (Å²) in [5, 5.41) is 12.2. The van der Waals surface area contributed by atoms with E-state index < -0.39 is 54.6 Å². The van der Waals surface area contributed by atoms with Crippen LogP contribution in [0.25, 0.3) is 11.0 Å². The number of ether oxygens (including phenoxy) is 2. The minimum atomic E-state index is -4.74. The van der Waals surface area contributed by atoms with Crippen LogP contribution >= 0.6 is 0 Å². The minimum absolute atomic E-state index is 0.0253. The predicted octanol–water partition coefficient (Wildman–Crippen LogP) is 5.98. The summed E-state index contributed by atoms with van der Waals surface area (Å²) in [4.78, 5) is 29.8. The first-order valence-electron chi connectivity index (χ1n) is 12.8. The van der Waals surface area contributed by atoms with Gasteiger partial charge in [0, 0.05) is 18.3 Å². The van der Waals surface area contributed by atoms with Crippen molar-refractivity contribution in [2.45, 2.75) is 64.5 Å². The van der Waals surface area contributed by atoms with E-state index in [-0.39, 0.29) is 52.1 Å². The summed E-state index contributed by atoms with van der Waals surface area (Å²) in [6.45, 7) is 4.56. The summed E-state index contributed by atoms with van der Waals surface area (Å²) in [7, 11) is 0. The Hall–Kier alpha value is -4.41. The number of alkyl halides is 5. The zero-order chi connectivity index (χ0) is 31.0. The van der Waals surface area contributed by atoms with E-state index in [4.69, 9.17) is 13.9 Å². The third kappa shape index (κ3) is 6.40. The molecule has 0 radical (unpaired) electrons. The Labute approximate surface area is 237 Å². The first-order chi connectivity index (χ1) is 19.5. The number of carbonyl (C=O) groups is 2. The zero-order valence-corrected chi connectivity index (χ0v) is 23.1. The molecule has 4 rings (SSSR count). The van der Waals surface area contributed by atoms with Gasteiger partial charge in [-0.3, -0.25) is 9.78 Å². The molecule has 9 nitrogen and oxygen atoms in total. The highest BCUT2D eigenvalue weighted by Gasteiger charge is 2.48. The molecule has 2 aromatic heterocycles. The first kappa shape index (κ1) is 30.5. The van der Waals surface area contributed by atoms with E-state index in [0.29, 0.717) is 0 Å². The van der Waals surface area contributed by atoms with E-state index in [0.717, 1.165) is 11.1 Å². The maximum absolute atomic E-state index is 15.1. The lowest BCUT2D eigenvalue weighted by Crippen LogP contribution is -2.59. The monoisotopic (exact) mass is 594 g/mol. The number of rotatable bonds is 5. The van der Waals surface area contributed by atoms with Gasteiger partial charge in [0.25, 0.3) is 11.8 Å². The summed E-state index contributed by atoms with van der Waals surface area (Å²) >= 11 is 0. The topological polar surface area (TPSA) is 118 Å². The molecule has 1 fully saturated rings. The van der Waals surface area contributed by atoms with Gasteiger partial charge in [0.2, 0.25) is 0 Å². The number of piperidine rings is 1. The van der Waals surface area contributed by atoms with Crippen LogP contribution in [0.3, 0.4) is 0 Å². The third-order valence-corrected chi connectivity index (χ3v) is 6.43. The standard InChI is InChI=1S/C28H27F5N4O5/c1-15-21(24(38)36-20-9-11-37(14-27(20,29)30)25(39)42-26(2,3)4)22-17(12-34)18(7-8-19(22)41-15)40-13-16-6-5-10-35-23(16)28(31,32)33/h5-8,10,20H,9,11,13-14H2,1-4H3,(H,36,38). The Kier molecular flexibility index (Phi) is 8.08. The lowest BCUT2D eigenvalue weighted by atomic mass is 9.99. The van der Waals surface area contributed by atoms with Crippen LogP contribution in [-0.4, -0.2) is 52.5 Å². The number of fused-ring (bicyclic) bond motifs is 1. The molecule has 3 aromatic rings. The fourth-order valence-corrected chi connectivity index (χ4v) is 4.59. The predicted molar refractivity (Wildman–Crippen MR) is 138 cm³/mol. The molecule has 2 amide bonds. The van der Waals surface area contributed by atoms with Gasteiger partial charge in [0.15, 0.2) is 5.69 Å². The van der Waals surface area contributed by atoms with Crippen LogP contribution in [0.4, 0.5) is 26.7 Å². The normalized spacial score (nSPS) is 17.0. The van der Waals surface area contributed by atoms with Gasteiger partial charge in [-0.2, -0.15) is 18.4 Å².